The number of hydrogen-bond acceptors (Lipinski definition) is 4. The minimum atomic E-state index is -3.65. The number of hydrogen-bond donors (Lipinski definition) is 1. The first-order valence-corrected chi connectivity index (χ1v) is 11.1. The fourth-order valence-corrected chi connectivity index (χ4v) is 4.22. The quantitative estimate of drug-likeness (QED) is 0.703. The molecule has 0 aliphatic carbocycles. The van der Waals surface area contributed by atoms with Crippen LogP contribution in [0.3, 0.4) is 0 Å². The molecule has 1 amide bonds. The van der Waals surface area contributed by atoms with Gasteiger partial charge in [0.25, 0.3) is 5.91 Å². The summed E-state index contributed by atoms with van der Waals surface area (Å²) in [4.78, 5) is 17.0. The van der Waals surface area contributed by atoms with Gasteiger partial charge in [-0.2, -0.15) is 4.72 Å². The van der Waals surface area contributed by atoms with Crippen LogP contribution < -0.4 is 4.72 Å². The Bertz CT molecular complexity index is 959. The Morgan fingerprint density at radius 1 is 1.00 bits per heavy atom. The monoisotopic (exact) mass is 411 g/mol. The first kappa shape index (κ1) is 21.1. The Kier molecular flexibility index (Phi) is 7.04. The number of piperazine rings is 1. The van der Waals surface area contributed by atoms with E-state index in [9.17, 15) is 13.2 Å². The zero-order chi connectivity index (χ0) is 20.7. The fraction of sp³-hybridized carbons (Fsp3) is 0.318. The van der Waals surface area contributed by atoms with Crippen LogP contribution in [-0.4, -0.2) is 63.4 Å². The van der Waals surface area contributed by atoms with Gasteiger partial charge in [0.05, 0.1) is 11.4 Å². The van der Waals surface area contributed by atoms with E-state index in [1.807, 2.05) is 23.1 Å². The Morgan fingerprint density at radius 3 is 2.28 bits per heavy atom. The minimum absolute atomic E-state index is 0.0719. The van der Waals surface area contributed by atoms with E-state index in [0.717, 1.165) is 26.1 Å². The number of carbonyl (C=O) groups excluding carboxylic acids is 1. The number of sulfonamides is 1. The number of terminal acetylenes is 1. The zero-order valence-corrected chi connectivity index (χ0v) is 17.1. The molecular weight excluding hydrogens is 386 g/mol. The second-order valence-corrected chi connectivity index (χ2v) is 8.69. The van der Waals surface area contributed by atoms with Crippen LogP contribution in [0.5, 0.6) is 0 Å². The Labute approximate surface area is 172 Å². The van der Waals surface area contributed by atoms with Gasteiger partial charge in [-0.25, -0.2) is 8.42 Å². The molecule has 1 aliphatic rings. The van der Waals surface area contributed by atoms with Crippen molar-refractivity contribution in [2.75, 3.05) is 39.3 Å². The van der Waals surface area contributed by atoms with Gasteiger partial charge in [0.1, 0.15) is 0 Å². The molecule has 0 radical (unpaired) electrons. The molecule has 1 aliphatic heterocycles. The average Bonchev–Trinajstić information content (AvgIpc) is 2.77. The summed E-state index contributed by atoms with van der Waals surface area (Å²) < 4.78 is 26.4. The molecule has 2 aromatic rings. The van der Waals surface area contributed by atoms with Gasteiger partial charge in [-0.15, -0.1) is 6.42 Å². The Morgan fingerprint density at radius 2 is 1.66 bits per heavy atom. The van der Waals surface area contributed by atoms with Crippen LogP contribution in [0, 0.1) is 12.3 Å². The number of benzene rings is 2. The highest BCUT2D eigenvalue weighted by molar-refractivity contribution is 7.89. The topological polar surface area (TPSA) is 69.7 Å². The average molecular weight is 412 g/mol. The molecule has 7 heteroatoms. The van der Waals surface area contributed by atoms with Crippen LogP contribution in [0.4, 0.5) is 0 Å². The lowest BCUT2D eigenvalue weighted by molar-refractivity contribution is 0.0638. The lowest BCUT2D eigenvalue weighted by Crippen LogP contribution is -2.49. The summed E-state index contributed by atoms with van der Waals surface area (Å²) in [7, 11) is -3.65. The van der Waals surface area contributed by atoms with E-state index in [-0.39, 0.29) is 17.3 Å². The number of amides is 1. The van der Waals surface area contributed by atoms with Gasteiger partial charge in [0, 0.05) is 38.3 Å². The molecule has 2 aromatic carbocycles. The molecule has 0 unspecified atom stereocenters. The number of carbonyl (C=O) groups is 1. The summed E-state index contributed by atoms with van der Waals surface area (Å²) in [5.74, 6) is 2.16. The summed E-state index contributed by atoms with van der Waals surface area (Å²) in [6.07, 6.45) is 6.09. The fourth-order valence-electron chi connectivity index (χ4n) is 3.29. The maximum absolute atomic E-state index is 12.7. The molecule has 29 heavy (non-hydrogen) atoms. The molecule has 0 saturated carbocycles. The van der Waals surface area contributed by atoms with E-state index in [0.29, 0.717) is 18.7 Å². The van der Waals surface area contributed by atoms with Crippen LogP contribution in [0.1, 0.15) is 15.9 Å². The van der Waals surface area contributed by atoms with Crippen molar-refractivity contribution in [1.29, 1.82) is 0 Å². The van der Waals surface area contributed by atoms with Gasteiger partial charge in [-0.05, 0) is 36.2 Å². The molecular formula is C22H25N3O3S. The van der Waals surface area contributed by atoms with Gasteiger partial charge in [0.2, 0.25) is 10.0 Å². The maximum atomic E-state index is 12.7. The van der Waals surface area contributed by atoms with Crippen LogP contribution in [-0.2, 0) is 16.4 Å². The van der Waals surface area contributed by atoms with E-state index in [1.54, 1.807) is 12.1 Å². The standard InChI is InChI=1S/C22H25N3O3S/c1-2-13-23-29(27,28)21-10-8-20(9-11-21)22(26)25-17-15-24(16-18-25)14-12-19-6-4-3-5-7-19/h1,3-11,23H,12-18H2. The van der Waals surface area contributed by atoms with Gasteiger partial charge >= 0.3 is 0 Å². The molecule has 0 aromatic heterocycles. The van der Waals surface area contributed by atoms with Gasteiger partial charge in [-0.3, -0.25) is 9.69 Å². The third kappa shape index (κ3) is 5.67. The first-order valence-electron chi connectivity index (χ1n) is 9.58. The molecule has 1 fully saturated rings. The maximum Gasteiger partial charge on any atom is 0.253 e. The first-order chi connectivity index (χ1) is 14.0. The Balaban J connectivity index is 1.52. The van der Waals surface area contributed by atoms with Crippen molar-refractivity contribution in [2.45, 2.75) is 11.3 Å². The van der Waals surface area contributed by atoms with Gasteiger partial charge in [-0.1, -0.05) is 36.3 Å². The van der Waals surface area contributed by atoms with Crippen molar-refractivity contribution < 1.29 is 13.2 Å². The van der Waals surface area contributed by atoms with E-state index in [4.69, 9.17) is 6.42 Å². The predicted molar refractivity (Wildman–Crippen MR) is 113 cm³/mol. The molecule has 6 nitrogen and oxygen atoms in total. The summed E-state index contributed by atoms with van der Waals surface area (Å²) in [5, 5.41) is 0. The van der Waals surface area contributed by atoms with Crippen molar-refractivity contribution in [1.82, 2.24) is 14.5 Å². The molecule has 1 saturated heterocycles. The molecule has 152 valence electrons. The zero-order valence-electron chi connectivity index (χ0n) is 16.3. The summed E-state index contributed by atoms with van der Waals surface area (Å²) in [6.45, 7) is 3.90. The van der Waals surface area contributed by atoms with E-state index >= 15 is 0 Å². The molecule has 1 N–H and O–H groups in total. The predicted octanol–water partition coefficient (Wildman–Crippen LogP) is 1.60. The van der Waals surface area contributed by atoms with E-state index < -0.39 is 10.0 Å². The molecule has 0 spiro atoms. The lowest BCUT2D eigenvalue weighted by atomic mass is 10.1. The Hall–Kier alpha value is -2.66. The third-order valence-corrected chi connectivity index (χ3v) is 6.41. The van der Waals surface area contributed by atoms with Crippen LogP contribution in [0.2, 0.25) is 0 Å². The lowest BCUT2D eigenvalue weighted by Gasteiger charge is -2.34. The van der Waals surface area contributed by atoms with Crippen molar-refractivity contribution in [3.05, 3.63) is 65.7 Å². The molecule has 0 atom stereocenters. The van der Waals surface area contributed by atoms with Crippen LogP contribution >= 0.6 is 0 Å². The van der Waals surface area contributed by atoms with Crippen molar-refractivity contribution in [3.63, 3.8) is 0 Å². The van der Waals surface area contributed by atoms with Crippen LogP contribution in [0.15, 0.2) is 59.5 Å². The largest absolute Gasteiger partial charge is 0.336 e. The van der Waals surface area contributed by atoms with Gasteiger partial charge < -0.3 is 4.90 Å². The van der Waals surface area contributed by atoms with Crippen molar-refractivity contribution >= 4 is 15.9 Å². The smallest absolute Gasteiger partial charge is 0.253 e. The van der Waals surface area contributed by atoms with Crippen molar-refractivity contribution in [3.8, 4) is 12.3 Å². The SMILES string of the molecule is C#CCNS(=O)(=O)c1ccc(C(=O)N2CCN(CCc3ccccc3)CC2)cc1. The van der Waals surface area contributed by atoms with Crippen LogP contribution in [0.25, 0.3) is 0 Å². The molecule has 0 bridgehead atoms. The third-order valence-electron chi connectivity index (χ3n) is 4.99. The second-order valence-electron chi connectivity index (χ2n) is 6.92. The van der Waals surface area contributed by atoms with E-state index in [1.165, 1.54) is 17.7 Å². The van der Waals surface area contributed by atoms with Gasteiger partial charge in [0.15, 0.2) is 0 Å². The number of rotatable bonds is 7. The summed E-state index contributed by atoms with van der Waals surface area (Å²) in [5.41, 5.74) is 1.80. The highest BCUT2D eigenvalue weighted by Gasteiger charge is 2.22. The highest BCUT2D eigenvalue weighted by atomic mass is 32.2. The minimum Gasteiger partial charge on any atom is -0.336 e. The number of nitrogens with one attached hydrogen (secondary N) is 1. The molecule has 1 heterocycles. The second kappa shape index (κ2) is 9.70. The van der Waals surface area contributed by atoms with E-state index in [2.05, 4.69) is 27.7 Å². The normalized spacial score (nSPS) is 15.1. The number of nitrogens with zero attached hydrogens (tertiary/aromatic N) is 2. The highest BCUT2D eigenvalue weighted by Crippen LogP contribution is 2.14. The summed E-state index contributed by atoms with van der Waals surface area (Å²) in [6, 6.07) is 16.3. The van der Waals surface area contributed by atoms with Crippen molar-refractivity contribution in [2.24, 2.45) is 0 Å². The summed E-state index contributed by atoms with van der Waals surface area (Å²) >= 11 is 0. The molecule has 3 rings (SSSR count).